The molecule has 3 saturated heterocycles. The van der Waals surface area contributed by atoms with E-state index >= 15 is 0 Å². The molecule has 0 nitrogen and oxygen atoms in total. The van der Waals surface area contributed by atoms with Gasteiger partial charge in [0, 0.05) is 11.8 Å². The zero-order chi connectivity index (χ0) is 35.3. The number of halogens is 2. The van der Waals surface area contributed by atoms with Gasteiger partial charge in [0.05, 0.1) is 6.92 Å². The van der Waals surface area contributed by atoms with Crippen molar-refractivity contribution in [3.8, 4) is 0 Å². The summed E-state index contributed by atoms with van der Waals surface area (Å²) >= 11 is 11.3. The molecule has 2 aromatic rings. The number of alkyl halides is 2. The average Bonchev–Trinajstić information content (AvgIpc) is 3.01. The molecule has 0 N–H and O–H groups in total. The monoisotopic (exact) mass is 725 g/mol. The van der Waals surface area contributed by atoms with Gasteiger partial charge in [0.25, 0.3) is 0 Å². The van der Waals surface area contributed by atoms with Gasteiger partial charge in [0.2, 0.25) is 0 Å². The summed E-state index contributed by atoms with van der Waals surface area (Å²) in [7, 11) is 5.48. The van der Waals surface area contributed by atoms with Crippen LogP contribution in [0.1, 0.15) is 119 Å². The molecule has 0 saturated carbocycles. The van der Waals surface area contributed by atoms with Crippen LogP contribution in [-0.4, -0.2) is 38.5 Å². The van der Waals surface area contributed by atoms with Crippen molar-refractivity contribution in [2.75, 3.05) is 0 Å². The molecule has 254 valence electrons. The summed E-state index contributed by atoms with van der Waals surface area (Å²) in [5, 5.41) is 2.74. The van der Waals surface area contributed by atoms with Gasteiger partial charge in [-0.2, -0.15) is 0 Å². The van der Waals surface area contributed by atoms with E-state index in [1.54, 1.807) is 11.1 Å². The molecule has 0 aromatic heterocycles. The standard InChI is InChI=1S/C24H40P2.C8H16BP.C8H8Cl2.Li/c1-17-21(3,4)25(22(17,5)6)15-19-13-11-12-14-20(19)16-26-23(7,8)18(2)24(26,9)10;1-6-7(2,3)10(9)8(6,4)5;9-5-7-3-1-2-4-8(7)6-10;/h11-14,17-18H,15-16H2,1-10H3;6,10H,1H2,2-5H3;1-4H,5-6H2;/q;+2;;+1. The van der Waals surface area contributed by atoms with Gasteiger partial charge >= 0.3 is 26.4 Å². The minimum absolute atomic E-state index is 0. The van der Waals surface area contributed by atoms with E-state index in [1.165, 1.54) is 12.3 Å². The van der Waals surface area contributed by atoms with Crippen LogP contribution >= 0.6 is 46.8 Å². The predicted octanol–water partition coefficient (Wildman–Crippen LogP) is 10.5. The maximum atomic E-state index is 6.09. The second-order valence-corrected chi connectivity index (χ2v) is 28.3. The first kappa shape index (κ1) is 44.0. The van der Waals surface area contributed by atoms with Crippen molar-refractivity contribution in [2.45, 2.75) is 152 Å². The number of rotatable bonds is 6. The quantitative estimate of drug-likeness (QED) is 0.120. The van der Waals surface area contributed by atoms with Crippen LogP contribution in [0, 0.1) is 24.7 Å². The van der Waals surface area contributed by atoms with E-state index in [2.05, 4.69) is 128 Å². The van der Waals surface area contributed by atoms with E-state index in [9.17, 15) is 0 Å². The Bertz CT molecular complexity index is 1190. The van der Waals surface area contributed by atoms with Crippen molar-refractivity contribution in [1.82, 2.24) is 0 Å². The first-order chi connectivity index (χ1) is 20.9. The third-order valence-corrected chi connectivity index (χ3v) is 25.8. The Morgan fingerprint density at radius 3 is 1.06 bits per heavy atom. The molecular formula is C40H64BCl2LiP3+3. The molecule has 0 amide bonds. The maximum Gasteiger partial charge on any atom is 1.00 e. The molecule has 3 aliphatic heterocycles. The van der Waals surface area contributed by atoms with Crippen molar-refractivity contribution in [2.24, 2.45) is 17.8 Å². The largest absolute Gasteiger partial charge is 1.00 e. The molecule has 2 aromatic carbocycles. The summed E-state index contributed by atoms with van der Waals surface area (Å²) in [5.41, 5.74) is 5.55. The molecule has 0 unspecified atom stereocenters. The summed E-state index contributed by atoms with van der Waals surface area (Å²) in [5.74, 6) is 3.27. The summed E-state index contributed by atoms with van der Waals surface area (Å²) in [6, 6.07) is 17.3. The molecule has 3 fully saturated rings. The Kier molecular flexibility index (Phi) is 14.8. The molecule has 47 heavy (non-hydrogen) atoms. The second kappa shape index (κ2) is 15.8. The minimum atomic E-state index is -0.657. The summed E-state index contributed by atoms with van der Waals surface area (Å²) in [6.07, 6.45) is 2.63. The third kappa shape index (κ3) is 8.25. The van der Waals surface area contributed by atoms with E-state index < -0.39 is 7.80 Å². The number of hydrogen-bond donors (Lipinski definition) is 0. The van der Waals surface area contributed by atoms with Crippen molar-refractivity contribution in [1.29, 1.82) is 0 Å². The van der Waals surface area contributed by atoms with E-state index in [0.717, 1.165) is 23.0 Å². The molecular weight excluding hydrogens is 662 g/mol. The molecule has 5 rings (SSSR count). The van der Waals surface area contributed by atoms with Gasteiger partial charge in [-0.1, -0.05) is 134 Å². The van der Waals surface area contributed by atoms with Crippen LogP contribution < -0.4 is 18.9 Å². The van der Waals surface area contributed by atoms with Gasteiger partial charge < -0.3 is 0 Å². The fraction of sp³-hybridized carbons (Fsp3) is 0.675. The Labute approximate surface area is 318 Å². The van der Waals surface area contributed by atoms with Crippen LogP contribution in [0.5, 0.6) is 0 Å². The zero-order valence-corrected chi connectivity index (χ0v) is 36.9. The van der Waals surface area contributed by atoms with E-state index in [4.69, 9.17) is 30.8 Å². The van der Waals surface area contributed by atoms with Crippen molar-refractivity contribution in [3.63, 3.8) is 0 Å². The SMILES string of the molecule is CC1C(C)(C)P(Cc2ccccc2CP2C(C)(C)C(C)C2(C)C)C1(C)C.ClCc1ccccc1CCl.[B][PH+]1C(C)(C)C([CH2+])C1(C)C.[Li+]. The van der Waals surface area contributed by atoms with Gasteiger partial charge in [0.15, 0.2) is 5.92 Å². The van der Waals surface area contributed by atoms with Crippen LogP contribution in [0.25, 0.3) is 0 Å². The van der Waals surface area contributed by atoms with Gasteiger partial charge in [-0.15, -0.1) is 23.2 Å². The summed E-state index contributed by atoms with van der Waals surface area (Å²) in [4.78, 5) is 0. The second-order valence-electron chi connectivity index (χ2n) is 17.4. The summed E-state index contributed by atoms with van der Waals surface area (Å²) < 4.78 is 0. The fourth-order valence-corrected chi connectivity index (χ4v) is 21.0. The average molecular weight is 727 g/mol. The van der Waals surface area contributed by atoms with Crippen LogP contribution in [-0.2, 0) is 24.1 Å². The normalized spacial score (nSPS) is 31.1. The Balaban J connectivity index is 0.000000300. The predicted molar refractivity (Wildman–Crippen MR) is 219 cm³/mol. The Hall–Kier alpha value is 0.842. The smallest absolute Gasteiger partial charge is 0.122 e. The van der Waals surface area contributed by atoms with Crippen LogP contribution in [0.3, 0.4) is 0 Å². The van der Waals surface area contributed by atoms with Crippen LogP contribution in [0.4, 0.5) is 0 Å². The van der Waals surface area contributed by atoms with Gasteiger partial charge in [-0.05, 0) is 103 Å². The van der Waals surface area contributed by atoms with Crippen molar-refractivity contribution in [3.05, 3.63) is 77.7 Å². The molecule has 3 heterocycles. The topological polar surface area (TPSA) is 0 Å². The van der Waals surface area contributed by atoms with Gasteiger partial charge in [-0.25, -0.2) is 0 Å². The van der Waals surface area contributed by atoms with Crippen LogP contribution in [0.15, 0.2) is 48.5 Å². The Morgan fingerprint density at radius 1 is 0.596 bits per heavy atom. The minimum Gasteiger partial charge on any atom is -0.122 e. The van der Waals surface area contributed by atoms with Crippen LogP contribution in [0.2, 0.25) is 0 Å². The third-order valence-electron chi connectivity index (χ3n) is 13.3. The van der Waals surface area contributed by atoms with E-state index in [1.807, 2.05) is 24.3 Å². The first-order valence-corrected chi connectivity index (χ1v) is 22.9. The van der Waals surface area contributed by atoms with Gasteiger partial charge in [-0.3, -0.25) is 0 Å². The molecule has 2 radical (unpaired) electrons. The van der Waals surface area contributed by atoms with Crippen molar-refractivity contribution >= 4 is 54.4 Å². The maximum absolute atomic E-state index is 6.09. The number of benzene rings is 2. The van der Waals surface area contributed by atoms with E-state index in [-0.39, 0.29) is 34.7 Å². The van der Waals surface area contributed by atoms with E-state index in [0.29, 0.717) is 48.6 Å². The number of hydrogen-bond acceptors (Lipinski definition) is 0. The van der Waals surface area contributed by atoms with Gasteiger partial charge in [0.1, 0.15) is 10.3 Å². The zero-order valence-electron chi connectivity index (χ0n) is 32.6. The molecule has 0 aliphatic carbocycles. The summed E-state index contributed by atoms with van der Waals surface area (Å²) in [6.45, 7) is 38.2. The molecule has 3 aliphatic rings. The van der Waals surface area contributed by atoms with Crippen molar-refractivity contribution < 1.29 is 18.9 Å². The molecule has 0 spiro atoms. The first-order valence-electron chi connectivity index (χ1n) is 17.2. The fourth-order valence-electron chi connectivity index (χ4n) is 8.89. The molecule has 7 heteroatoms. The molecule has 0 bridgehead atoms. The Morgan fingerprint density at radius 2 is 0.851 bits per heavy atom. The molecule has 0 atom stereocenters.